The maximum absolute atomic E-state index is 13.0. The number of carbonyl (C=O) groups is 1. The van der Waals surface area contributed by atoms with Crippen molar-refractivity contribution >= 4 is 11.6 Å². The SMILES string of the molecule is CCCOc1ccc(OCC(=O)N(CCN(CC)CC)c2cccc(OC)c2)cc1. The normalized spacial score (nSPS) is 10.7. The molecule has 6 nitrogen and oxygen atoms in total. The predicted molar refractivity (Wildman–Crippen MR) is 121 cm³/mol. The maximum Gasteiger partial charge on any atom is 0.264 e. The minimum absolute atomic E-state index is 0.0371. The number of benzene rings is 2. The van der Waals surface area contributed by atoms with Gasteiger partial charge in [0.2, 0.25) is 0 Å². The van der Waals surface area contributed by atoms with Crippen LogP contribution in [-0.2, 0) is 4.79 Å². The summed E-state index contributed by atoms with van der Waals surface area (Å²) in [7, 11) is 1.62. The lowest BCUT2D eigenvalue weighted by Crippen LogP contribution is -2.41. The molecule has 30 heavy (non-hydrogen) atoms. The van der Waals surface area contributed by atoms with E-state index in [1.54, 1.807) is 12.0 Å². The van der Waals surface area contributed by atoms with Crippen LogP contribution in [0.15, 0.2) is 48.5 Å². The third kappa shape index (κ3) is 7.26. The van der Waals surface area contributed by atoms with Crippen LogP contribution in [0.2, 0.25) is 0 Å². The Hall–Kier alpha value is -2.73. The quantitative estimate of drug-likeness (QED) is 0.491. The molecule has 0 aliphatic rings. The second-order valence-corrected chi connectivity index (χ2v) is 6.88. The Kier molecular flexibility index (Phi) is 10.0. The smallest absolute Gasteiger partial charge is 0.264 e. The summed E-state index contributed by atoms with van der Waals surface area (Å²) in [5.41, 5.74) is 0.804. The van der Waals surface area contributed by atoms with Crippen LogP contribution in [0.1, 0.15) is 27.2 Å². The molecule has 2 aromatic rings. The zero-order valence-electron chi connectivity index (χ0n) is 18.6. The molecule has 0 saturated heterocycles. The molecular formula is C24H34N2O4. The molecular weight excluding hydrogens is 380 g/mol. The first-order chi connectivity index (χ1) is 14.6. The van der Waals surface area contributed by atoms with Gasteiger partial charge in [-0.1, -0.05) is 26.8 Å². The lowest BCUT2D eigenvalue weighted by molar-refractivity contribution is -0.120. The minimum atomic E-state index is -0.0956. The van der Waals surface area contributed by atoms with E-state index in [0.29, 0.717) is 18.9 Å². The van der Waals surface area contributed by atoms with E-state index in [1.807, 2.05) is 48.5 Å². The monoisotopic (exact) mass is 414 g/mol. The number of hydrogen-bond donors (Lipinski definition) is 0. The van der Waals surface area contributed by atoms with Crippen LogP contribution in [0, 0.1) is 0 Å². The maximum atomic E-state index is 13.0. The Morgan fingerprint density at radius 3 is 2.13 bits per heavy atom. The standard InChI is InChI=1S/C24H34N2O4/c1-5-17-29-21-11-13-22(14-12-21)30-19-24(27)26(16-15-25(6-2)7-3)20-9-8-10-23(18-20)28-4/h8-14,18H,5-7,15-17,19H2,1-4H3. The summed E-state index contributed by atoms with van der Waals surface area (Å²) in [5, 5.41) is 0. The molecule has 1 amide bonds. The summed E-state index contributed by atoms with van der Waals surface area (Å²) in [6.45, 7) is 10.2. The Morgan fingerprint density at radius 1 is 0.867 bits per heavy atom. The fourth-order valence-corrected chi connectivity index (χ4v) is 3.03. The van der Waals surface area contributed by atoms with Crippen molar-refractivity contribution in [3.63, 3.8) is 0 Å². The lowest BCUT2D eigenvalue weighted by Gasteiger charge is -2.27. The van der Waals surface area contributed by atoms with Crippen LogP contribution in [0.3, 0.4) is 0 Å². The van der Waals surface area contributed by atoms with E-state index in [9.17, 15) is 4.79 Å². The average molecular weight is 415 g/mol. The van der Waals surface area contributed by atoms with Crippen molar-refractivity contribution in [1.29, 1.82) is 0 Å². The van der Waals surface area contributed by atoms with Gasteiger partial charge in [0.25, 0.3) is 5.91 Å². The van der Waals surface area contributed by atoms with E-state index in [1.165, 1.54) is 0 Å². The number of likely N-dealkylation sites (N-methyl/N-ethyl adjacent to an activating group) is 1. The molecule has 0 N–H and O–H groups in total. The van der Waals surface area contributed by atoms with Crippen LogP contribution in [0.4, 0.5) is 5.69 Å². The number of nitrogens with zero attached hydrogens (tertiary/aromatic N) is 2. The number of rotatable bonds is 13. The predicted octanol–water partition coefficient (Wildman–Crippen LogP) is 4.24. The van der Waals surface area contributed by atoms with Crippen molar-refractivity contribution in [3.05, 3.63) is 48.5 Å². The summed E-state index contributed by atoms with van der Waals surface area (Å²) >= 11 is 0. The highest BCUT2D eigenvalue weighted by atomic mass is 16.5. The Morgan fingerprint density at radius 2 is 1.53 bits per heavy atom. The Balaban J connectivity index is 2.05. The molecule has 2 rings (SSSR count). The molecule has 0 heterocycles. The summed E-state index contributed by atoms with van der Waals surface area (Å²) in [6, 6.07) is 14.9. The van der Waals surface area contributed by atoms with Gasteiger partial charge in [-0.15, -0.1) is 0 Å². The van der Waals surface area contributed by atoms with Crippen LogP contribution >= 0.6 is 0 Å². The van der Waals surface area contributed by atoms with Crippen molar-refractivity contribution < 1.29 is 19.0 Å². The van der Waals surface area contributed by atoms with E-state index in [-0.39, 0.29) is 12.5 Å². The first-order valence-corrected chi connectivity index (χ1v) is 10.6. The molecule has 164 valence electrons. The molecule has 0 bridgehead atoms. The number of hydrogen-bond acceptors (Lipinski definition) is 5. The van der Waals surface area contributed by atoms with Gasteiger partial charge in [-0.05, 0) is 55.9 Å². The Bertz CT molecular complexity index is 760. The number of methoxy groups -OCH3 is 1. The third-order valence-corrected chi connectivity index (χ3v) is 4.86. The molecule has 0 aliphatic carbocycles. The largest absolute Gasteiger partial charge is 0.497 e. The van der Waals surface area contributed by atoms with Gasteiger partial charge >= 0.3 is 0 Å². The van der Waals surface area contributed by atoms with Crippen LogP contribution in [0.5, 0.6) is 17.2 Å². The van der Waals surface area contributed by atoms with Gasteiger partial charge in [0.15, 0.2) is 6.61 Å². The third-order valence-electron chi connectivity index (χ3n) is 4.86. The lowest BCUT2D eigenvalue weighted by atomic mass is 10.2. The van der Waals surface area contributed by atoms with Crippen molar-refractivity contribution in [2.75, 3.05) is 51.4 Å². The first-order valence-electron chi connectivity index (χ1n) is 10.6. The fourth-order valence-electron chi connectivity index (χ4n) is 3.03. The molecule has 0 spiro atoms. The highest BCUT2D eigenvalue weighted by molar-refractivity contribution is 5.94. The summed E-state index contributed by atoms with van der Waals surface area (Å²) < 4.78 is 16.7. The van der Waals surface area contributed by atoms with Crippen LogP contribution in [-0.4, -0.2) is 57.3 Å². The molecule has 6 heteroatoms. The van der Waals surface area contributed by atoms with Crippen molar-refractivity contribution in [2.24, 2.45) is 0 Å². The molecule has 0 aliphatic heterocycles. The number of ether oxygens (including phenoxy) is 3. The molecule has 0 unspecified atom stereocenters. The van der Waals surface area contributed by atoms with Gasteiger partial charge in [0.05, 0.1) is 13.7 Å². The average Bonchev–Trinajstić information content (AvgIpc) is 2.79. The van der Waals surface area contributed by atoms with Gasteiger partial charge in [0.1, 0.15) is 17.2 Å². The highest BCUT2D eigenvalue weighted by Crippen LogP contribution is 2.22. The van der Waals surface area contributed by atoms with Gasteiger partial charge in [-0.3, -0.25) is 4.79 Å². The second kappa shape index (κ2) is 12.8. The zero-order chi connectivity index (χ0) is 21.8. The topological polar surface area (TPSA) is 51.2 Å². The van der Waals surface area contributed by atoms with Crippen molar-refractivity contribution in [3.8, 4) is 17.2 Å². The highest BCUT2D eigenvalue weighted by Gasteiger charge is 2.18. The van der Waals surface area contributed by atoms with Crippen molar-refractivity contribution in [1.82, 2.24) is 4.90 Å². The van der Waals surface area contributed by atoms with E-state index < -0.39 is 0 Å². The second-order valence-electron chi connectivity index (χ2n) is 6.88. The zero-order valence-corrected chi connectivity index (χ0v) is 18.6. The molecule has 0 aromatic heterocycles. The van der Waals surface area contributed by atoms with E-state index >= 15 is 0 Å². The van der Waals surface area contributed by atoms with Crippen molar-refractivity contribution in [2.45, 2.75) is 27.2 Å². The molecule has 2 aromatic carbocycles. The summed E-state index contributed by atoms with van der Waals surface area (Å²) in [4.78, 5) is 17.1. The summed E-state index contributed by atoms with van der Waals surface area (Å²) in [5.74, 6) is 2.06. The summed E-state index contributed by atoms with van der Waals surface area (Å²) in [6.07, 6.45) is 0.959. The van der Waals surface area contributed by atoms with Crippen LogP contribution < -0.4 is 19.1 Å². The number of amides is 1. The van der Waals surface area contributed by atoms with E-state index in [0.717, 1.165) is 43.2 Å². The van der Waals surface area contributed by atoms with E-state index in [4.69, 9.17) is 14.2 Å². The van der Waals surface area contributed by atoms with Gasteiger partial charge in [0, 0.05) is 24.8 Å². The molecule has 0 radical (unpaired) electrons. The van der Waals surface area contributed by atoms with Gasteiger partial charge in [-0.25, -0.2) is 0 Å². The molecule has 0 atom stereocenters. The molecule has 0 fully saturated rings. The van der Waals surface area contributed by atoms with E-state index in [2.05, 4.69) is 25.7 Å². The fraction of sp³-hybridized carbons (Fsp3) is 0.458. The van der Waals surface area contributed by atoms with Gasteiger partial charge < -0.3 is 24.0 Å². The van der Waals surface area contributed by atoms with Crippen LogP contribution in [0.25, 0.3) is 0 Å². The first kappa shape index (κ1) is 23.5. The van der Waals surface area contributed by atoms with Gasteiger partial charge in [-0.2, -0.15) is 0 Å². The number of anilines is 1. The minimum Gasteiger partial charge on any atom is -0.497 e. The number of carbonyl (C=O) groups excluding carboxylic acids is 1. The molecule has 0 saturated carbocycles. The Labute approximate surface area is 180 Å².